The third kappa shape index (κ3) is 4.03. The van der Waals surface area contributed by atoms with Crippen LogP contribution >= 0.6 is 0 Å². The summed E-state index contributed by atoms with van der Waals surface area (Å²) in [4.78, 5) is 17.1. The van der Waals surface area contributed by atoms with Crippen LogP contribution in [0, 0.1) is 0 Å². The van der Waals surface area contributed by atoms with E-state index >= 15 is 0 Å². The molecule has 0 saturated heterocycles. The van der Waals surface area contributed by atoms with E-state index in [1.807, 2.05) is 4.90 Å². The summed E-state index contributed by atoms with van der Waals surface area (Å²) in [6.07, 6.45) is 3.59. The highest BCUT2D eigenvalue weighted by atomic mass is 16.3. The van der Waals surface area contributed by atoms with Crippen molar-refractivity contribution in [1.29, 1.82) is 0 Å². The zero-order valence-electron chi connectivity index (χ0n) is 10.1. The maximum atomic E-state index is 10.9. The van der Waals surface area contributed by atoms with Gasteiger partial charge >= 0.3 is 0 Å². The number of hydrogen-bond donors (Lipinski definition) is 2. The first-order valence-corrected chi connectivity index (χ1v) is 5.80. The van der Waals surface area contributed by atoms with Crippen molar-refractivity contribution in [2.45, 2.75) is 19.8 Å². The molecule has 3 N–H and O–H groups in total. The van der Waals surface area contributed by atoms with Gasteiger partial charge in [-0.1, -0.05) is 13.3 Å². The van der Waals surface area contributed by atoms with Crippen molar-refractivity contribution in [3.63, 3.8) is 0 Å². The maximum Gasteiger partial charge on any atom is 0.250 e. The van der Waals surface area contributed by atoms with Crippen molar-refractivity contribution in [3.8, 4) is 0 Å². The molecule has 0 radical (unpaired) electrons. The molecule has 1 amide bonds. The van der Waals surface area contributed by atoms with Crippen LogP contribution in [0.25, 0.3) is 0 Å². The van der Waals surface area contributed by atoms with Crippen LogP contribution in [0.2, 0.25) is 0 Å². The van der Waals surface area contributed by atoms with E-state index < -0.39 is 5.91 Å². The number of carbonyl (C=O) groups excluding carboxylic acids is 1. The van der Waals surface area contributed by atoms with Gasteiger partial charge in [0.1, 0.15) is 5.82 Å². The number of amides is 1. The number of carbonyl (C=O) groups is 1. The zero-order chi connectivity index (χ0) is 12.7. The smallest absolute Gasteiger partial charge is 0.250 e. The number of nitrogens with two attached hydrogens (primary N) is 1. The zero-order valence-corrected chi connectivity index (χ0v) is 10.1. The summed E-state index contributed by atoms with van der Waals surface area (Å²) in [6.45, 7) is 3.59. The topological polar surface area (TPSA) is 79.5 Å². The fraction of sp³-hybridized carbons (Fsp3) is 0.500. The number of nitrogens with zero attached hydrogens (tertiary/aromatic N) is 2. The van der Waals surface area contributed by atoms with Crippen molar-refractivity contribution in [1.82, 2.24) is 4.98 Å². The van der Waals surface area contributed by atoms with Gasteiger partial charge in [0.25, 0.3) is 0 Å². The number of unbranched alkanes of at least 4 members (excludes halogenated alkanes) is 1. The van der Waals surface area contributed by atoms with E-state index in [-0.39, 0.29) is 6.61 Å². The number of rotatable bonds is 7. The molecule has 17 heavy (non-hydrogen) atoms. The van der Waals surface area contributed by atoms with Crippen molar-refractivity contribution in [2.24, 2.45) is 5.73 Å². The summed E-state index contributed by atoms with van der Waals surface area (Å²) in [5.41, 5.74) is 5.54. The number of pyridine rings is 1. The van der Waals surface area contributed by atoms with Crippen LogP contribution in [0.1, 0.15) is 30.1 Å². The van der Waals surface area contributed by atoms with Gasteiger partial charge in [-0.05, 0) is 18.6 Å². The molecule has 1 heterocycles. The molecule has 1 aromatic rings. The number of aromatic nitrogens is 1. The number of aliphatic hydroxyl groups excluding tert-OH is 1. The van der Waals surface area contributed by atoms with Crippen LogP contribution < -0.4 is 10.6 Å². The van der Waals surface area contributed by atoms with E-state index in [9.17, 15) is 4.79 Å². The molecule has 1 aromatic heterocycles. The lowest BCUT2D eigenvalue weighted by atomic mass is 10.2. The van der Waals surface area contributed by atoms with Crippen LogP contribution in [0.5, 0.6) is 0 Å². The van der Waals surface area contributed by atoms with Crippen LogP contribution in [0.15, 0.2) is 18.3 Å². The van der Waals surface area contributed by atoms with Crippen molar-refractivity contribution in [2.75, 3.05) is 24.6 Å². The molecule has 1 rings (SSSR count). The molecule has 0 bridgehead atoms. The van der Waals surface area contributed by atoms with Crippen molar-refractivity contribution < 1.29 is 9.90 Å². The summed E-state index contributed by atoms with van der Waals surface area (Å²) in [5, 5.41) is 9.00. The molecule has 0 spiro atoms. The molecule has 0 fully saturated rings. The van der Waals surface area contributed by atoms with Crippen LogP contribution in [0.4, 0.5) is 5.82 Å². The Morgan fingerprint density at radius 2 is 2.24 bits per heavy atom. The lowest BCUT2D eigenvalue weighted by Crippen LogP contribution is -2.28. The fourth-order valence-corrected chi connectivity index (χ4v) is 1.53. The minimum Gasteiger partial charge on any atom is -0.395 e. The quantitative estimate of drug-likeness (QED) is 0.734. The Morgan fingerprint density at radius 3 is 2.71 bits per heavy atom. The monoisotopic (exact) mass is 237 g/mol. The van der Waals surface area contributed by atoms with Gasteiger partial charge in [-0.2, -0.15) is 0 Å². The molecule has 0 aromatic carbocycles. The third-order valence-electron chi connectivity index (χ3n) is 2.51. The second-order valence-corrected chi connectivity index (χ2v) is 3.83. The van der Waals surface area contributed by atoms with Gasteiger partial charge in [0.15, 0.2) is 0 Å². The minimum absolute atomic E-state index is 0.0863. The molecule has 5 nitrogen and oxygen atoms in total. The van der Waals surface area contributed by atoms with Gasteiger partial charge in [-0.3, -0.25) is 4.79 Å². The predicted octanol–water partition coefficient (Wildman–Crippen LogP) is 0.779. The van der Waals surface area contributed by atoms with Crippen LogP contribution in [-0.2, 0) is 0 Å². The molecule has 0 saturated carbocycles. The molecule has 0 aliphatic heterocycles. The van der Waals surface area contributed by atoms with E-state index in [1.54, 1.807) is 12.1 Å². The van der Waals surface area contributed by atoms with Gasteiger partial charge in [0.05, 0.1) is 12.2 Å². The molecule has 0 unspecified atom stereocenters. The number of aliphatic hydroxyl groups is 1. The Morgan fingerprint density at radius 1 is 1.47 bits per heavy atom. The second-order valence-electron chi connectivity index (χ2n) is 3.83. The van der Waals surface area contributed by atoms with Crippen LogP contribution in [0.3, 0.4) is 0 Å². The Hall–Kier alpha value is -1.62. The molecule has 5 heteroatoms. The first-order valence-electron chi connectivity index (χ1n) is 5.80. The Balaban J connectivity index is 2.75. The van der Waals surface area contributed by atoms with Crippen molar-refractivity contribution >= 4 is 11.7 Å². The van der Waals surface area contributed by atoms with E-state index in [1.165, 1.54) is 6.20 Å². The average molecular weight is 237 g/mol. The van der Waals surface area contributed by atoms with Crippen molar-refractivity contribution in [3.05, 3.63) is 23.9 Å². The van der Waals surface area contributed by atoms with E-state index in [2.05, 4.69) is 11.9 Å². The second kappa shape index (κ2) is 6.85. The normalized spacial score (nSPS) is 10.2. The third-order valence-corrected chi connectivity index (χ3v) is 2.51. The summed E-state index contributed by atoms with van der Waals surface area (Å²) in [6, 6.07) is 3.41. The Bertz CT molecular complexity index is 351. The van der Waals surface area contributed by atoms with Gasteiger partial charge in [0, 0.05) is 19.3 Å². The molecular formula is C12H19N3O2. The average Bonchev–Trinajstić information content (AvgIpc) is 2.34. The summed E-state index contributed by atoms with van der Waals surface area (Å²) < 4.78 is 0. The minimum atomic E-state index is -0.480. The number of primary amides is 1. The standard InChI is InChI=1S/C12H19N3O2/c1-2-3-6-15(7-8-16)11-5-4-10(9-14-11)12(13)17/h4-5,9,16H,2-3,6-8H2,1H3,(H2,13,17). The highest BCUT2D eigenvalue weighted by Gasteiger charge is 2.07. The van der Waals surface area contributed by atoms with Gasteiger partial charge in [0.2, 0.25) is 5.91 Å². The molecule has 94 valence electrons. The first kappa shape index (κ1) is 13.4. The highest BCUT2D eigenvalue weighted by Crippen LogP contribution is 2.11. The molecular weight excluding hydrogens is 218 g/mol. The van der Waals surface area contributed by atoms with E-state index in [4.69, 9.17) is 10.8 Å². The SMILES string of the molecule is CCCCN(CCO)c1ccc(C(N)=O)cn1. The predicted molar refractivity (Wildman–Crippen MR) is 67.0 cm³/mol. The molecule has 0 atom stereocenters. The Labute approximate surface area is 101 Å². The number of anilines is 1. The largest absolute Gasteiger partial charge is 0.395 e. The fourth-order valence-electron chi connectivity index (χ4n) is 1.53. The lowest BCUT2D eigenvalue weighted by Gasteiger charge is -2.22. The lowest BCUT2D eigenvalue weighted by molar-refractivity contribution is 0.1000. The number of hydrogen-bond acceptors (Lipinski definition) is 4. The molecule has 0 aliphatic rings. The summed E-state index contributed by atoms with van der Waals surface area (Å²) >= 11 is 0. The van der Waals surface area contributed by atoms with E-state index in [0.29, 0.717) is 12.1 Å². The van der Waals surface area contributed by atoms with E-state index in [0.717, 1.165) is 25.2 Å². The van der Waals surface area contributed by atoms with Gasteiger partial charge in [-0.25, -0.2) is 4.98 Å². The highest BCUT2D eigenvalue weighted by molar-refractivity contribution is 5.92. The summed E-state index contributed by atoms with van der Waals surface area (Å²) in [7, 11) is 0. The Kier molecular flexibility index (Phi) is 5.42. The maximum absolute atomic E-state index is 10.9. The first-order chi connectivity index (χ1) is 8.19. The van der Waals surface area contributed by atoms with Crippen LogP contribution in [-0.4, -0.2) is 35.7 Å². The summed E-state index contributed by atoms with van der Waals surface area (Å²) in [5.74, 6) is 0.281. The van der Waals surface area contributed by atoms with Gasteiger partial charge < -0.3 is 15.7 Å². The van der Waals surface area contributed by atoms with Gasteiger partial charge in [-0.15, -0.1) is 0 Å². The molecule has 0 aliphatic carbocycles.